The van der Waals surface area contributed by atoms with E-state index in [1.165, 1.54) is 13.3 Å². The number of nitrogens with one attached hydrogen (secondary N) is 2. The van der Waals surface area contributed by atoms with Crippen LogP contribution in [0.25, 0.3) is 22.2 Å². The molecule has 2 aromatic heterocycles. The first-order valence-electron chi connectivity index (χ1n) is 10.5. The van der Waals surface area contributed by atoms with Crippen molar-refractivity contribution >= 4 is 44.1 Å². The van der Waals surface area contributed by atoms with Crippen molar-refractivity contribution in [3.63, 3.8) is 0 Å². The number of rotatable bonds is 8. The molecule has 0 unspecified atom stereocenters. The molecule has 7 nitrogen and oxygen atoms in total. The van der Waals surface area contributed by atoms with E-state index in [1.54, 1.807) is 37.4 Å². The van der Waals surface area contributed by atoms with Gasteiger partial charge in [-0.3, -0.25) is 9.52 Å². The number of hydrogen-bond donors (Lipinski definition) is 2. The lowest BCUT2D eigenvalue weighted by molar-refractivity contribution is 0.103. The molecule has 11 heteroatoms. The van der Waals surface area contributed by atoms with Crippen molar-refractivity contribution in [1.82, 2.24) is 9.97 Å². The van der Waals surface area contributed by atoms with Gasteiger partial charge in [0.1, 0.15) is 17.2 Å². The molecule has 0 atom stereocenters. The number of methoxy groups -OCH3 is 1. The quantitative estimate of drug-likeness (QED) is 0.297. The number of benzene rings is 2. The van der Waals surface area contributed by atoms with E-state index in [4.69, 9.17) is 16.3 Å². The summed E-state index contributed by atoms with van der Waals surface area (Å²) < 4.78 is 61.2. The van der Waals surface area contributed by atoms with Crippen LogP contribution in [0.2, 0.25) is 5.02 Å². The molecule has 2 N–H and O–H groups in total. The van der Waals surface area contributed by atoms with Crippen molar-refractivity contribution in [3.8, 4) is 16.9 Å². The van der Waals surface area contributed by atoms with Crippen LogP contribution in [0.5, 0.6) is 5.75 Å². The summed E-state index contributed by atoms with van der Waals surface area (Å²) in [6, 6.07) is 8.47. The van der Waals surface area contributed by atoms with Crippen LogP contribution in [0.15, 0.2) is 48.8 Å². The molecule has 0 aliphatic heterocycles. The number of anilines is 1. The molecule has 0 spiro atoms. The van der Waals surface area contributed by atoms with Gasteiger partial charge in [-0.1, -0.05) is 18.5 Å². The van der Waals surface area contributed by atoms with E-state index in [1.807, 2.05) is 0 Å². The number of H-pyrrole nitrogens is 1. The molecular formula is C24H20ClF2N3O4S. The SMILES string of the molecule is CCCS(=O)(=O)Nc1ccc(F)c(C(=O)c2c[nH]c3ncc(-c4ccc(OC)cc4Cl)cc23)c1F. The first-order valence-corrected chi connectivity index (χ1v) is 12.5. The zero-order chi connectivity index (χ0) is 25.3. The van der Waals surface area contributed by atoms with Crippen LogP contribution in [0.1, 0.15) is 29.3 Å². The summed E-state index contributed by atoms with van der Waals surface area (Å²) in [5.74, 6) is -3.08. The maximum Gasteiger partial charge on any atom is 0.232 e. The Morgan fingerprint density at radius 1 is 1.20 bits per heavy atom. The van der Waals surface area contributed by atoms with Gasteiger partial charge in [-0.25, -0.2) is 22.2 Å². The van der Waals surface area contributed by atoms with E-state index in [-0.39, 0.29) is 11.3 Å². The number of carbonyl (C=O) groups is 1. The van der Waals surface area contributed by atoms with Gasteiger partial charge in [0.25, 0.3) is 0 Å². The van der Waals surface area contributed by atoms with E-state index in [0.717, 1.165) is 12.1 Å². The van der Waals surface area contributed by atoms with E-state index in [2.05, 4.69) is 14.7 Å². The molecule has 0 saturated heterocycles. The molecule has 0 aliphatic rings. The maximum absolute atomic E-state index is 15.2. The number of ketones is 1. The van der Waals surface area contributed by atoms with Gasteiger partial charge in [0.05, 0.1) is 29.1 Å². The zero-order valence-electron chi connectivity index (χ0n) is 18.7. The monoisotopic (exact) mass is 519 g/mol. The van der Waals surface area contributed by atoms with Gasteiger partial charge in [-0.15, -0.1) is 0 Å². The molecule has 182 valence electrons. The number of aromatic nitrogens is 2. The van der Waals surface area contributed by atoms with Gasteiger partial charge in [-0.05, 0) is 42.8 Å². The first-order chi connectivity index (χ1) is 16.6. The second-order valence-corrected chi connectivity index (χ2v) is 9.95. The molecule has 0 aliphatic carbocycles. The molecule has 0 bridgehead atoms. The van der Waals surface area contributed by atoms with Crippen LogP contribution < -0.4 is 9.46 Å². The van der Waals surface area contributed by atoms with Crippen molar-refractivity contribution in [1.29, 1.82) is 0 Å². The van der Waals surface area contributed by atoms with E-state index < -0.39 is 38.7 Å². The Bertz CT molecular complexity index is 1550. The standard InChI is InChI=1S/C24H20ClF2N3O4S/c1-3-8-35(32,33)30-20-7-6-19(26)21(22(20)27)23(31)17-12-29-24-16(17)9-13(11-28-24)15-5-4-14(34-2)10-18(15)25/h4-7,9-12,30H,3,8H2,1-2H3,(H,28,29). The fraction of sp³-hybridized carbons (Fsp3) is 0.167. The zero-order valence-corrected chi connectivity index (χ0v) is 20.2. The van der Waals surface area contributed by atoms with Gasteiger partial charge in [0.15, 0.2) is 5.82 Å². The molecular weight excluding hydrogens is 500 g/mol. The van der Waals surface area contributed by atoms with Crippen LogP contribution in [0.3, 0.4) is 0 Å². The highest BCUT2D eigenvalue weighted by molar-refractivity contribution is 7.92. The Kier molecular flexibility index (Phi) is 6.77. The smallest absolute Gasteiger partial charge is 0.232 e. The molecule has 2 heterocycles. The van der Waals surface area contributed by atoms with Crippen LogP contribution in [0, 0.1) is 11.6 Å². The van der Waals surface area contributed by atoms with E-state index >= 15 is 4.39 Å². The van der Waals surface area contributed by atoms with Crippen molar-refractivity contribution < 1.29 is 26.7 Å². The second-order valence-electron chi connectivity index (χ2n) is 7.70. The van der Waals surface area contributed by atoms with Crippen LogP contribution >= 0.6 is 11.6 Å². The van der Waals surface area contributed by atoms with E-state index in [0.29, 0.717) is 39.4 Å². The normalized spacial score (nSPS) is 11.6. The fourth-order valence-corrected chi connectivity index (χ4v) is 5.07. The number of ether oxygens (including phenoxy) is 1. The Hall–Kier alpha value is -3.50. The molecule has 2 aromatic carbocycles. The Morgan fingerprint density at radius 2 is 1.97 bits per heavy atom. The van der Waals surface area contributed by atoms with Crippen LogP contribution in [-0.2, 0) is 10.0 Å². The number of halogens is 3. The highest BCUT2D eigenvalue weighted by Gasteiger charge is 2.26. The highest BCUT2D eigenvalue weighted by atomic mass is 35.5. The predicted octanol–water partition coefficient (Wildman–Crippen LogP) is 5.55. The summed E-state index contributed by atoms with van der Waals surface area (Å²) >= 11 is 6.36. The number of nitrogens with zero attached hydrogens (tertiary/aromatic N) is 1. The molecule has 0 fully saturated rings. The summed E-state index contributed by atoms with van der Waals surface area (Å²) in [6.45, 7) is 1.65. The maximum atomic E-state index is 15.2. The average Bonchev–Trinajstić information content (AvgIpc) is 3.24. The van der Waals surface area contributed by atoms with Gasteiger partial charge in [0.2, 0.25) is 15.8 Å². The third-order valence-corrected chi connectivity index (χ3v) is 7.11. The molecule has 35 heavy (non-hydrogen) atoms. The largest absolute Gasteiger partial charge is 0.497 e. The molecule has 4 aromatic rings. The number of sulfonamides is 1. The fourth-order valence-electron chi connectivity index (χ4n) is 3.66. The lowest BCUT2D eigenvalue weighted by Crippen LogP contribution is -2.18. The van der Waals surface area contributed by atoms with Crippen LogP contribution in [-0.4, -0.2) is 37.0 Å². The van der Waals surface area contributed by atoms with Crippen LogP contribution in [0.4, 0.5) is 14.5 Å². The van der Waals surface area contributed by atoms with Crippen molar-refractivity contribution in [2.24, 2.45) is 0 Å². The number of fused-ring (bicyclic) bond motifs is 1. The topological polar surface area (TPSA) is 101 Å². The van der Waals surface area contributed by atoms with Crippen molar-refractivity contribution in [2.45, 2.75) is 13.3 Å². The summed E-state index contributed by atoms with van der Waals surface area (Å²) in [7, 11) is -2.35. The minimum Gasteiger partial charge on any atom is -0.497 e. The molecule has 0 saturated carbocycles. The second kappa shape index (κ2) is 9.63. The predicted molar refractivity (Wildman–Crippen MR) is 131 cm³/mol. The Balaban J connectivity index is 1.78. The minimum atomic E-state index is -3.86. The third kappa shape index (κ3) is 4.85. The van der Waals surface area contributed by atoms with Crippen molar-refractivity contribution in [3.05, 3.63) is 76.6 Å². The number of hydrogen-bond acceptors (Lipinski definition) is 5. The Morgan fingerprint density at radius 3 is 2.66 bits per heavy atom. The lowest BCUT2D eigenvalue weighted by Gasteiger charge is -2.11. The van der Waals surface area contributed by atoms with Crippen molar-refractivity contribution in [2.75, 3.05) is 17.6 Å². The minimum absolute atomic E-state index is 0.0367. The van der Waals surface area contributed by atoms with Gasteiger partial charge >= 0.3 is 0 Å². The van der Waals surface area contributed by atoms with Gasteiger partial charge in [-0.2, -0.15) is 0 Å². The summed E-state index contributed by atoms with van der Waals surface area (Å²) in [5, 5.41) is 0.702. The summed E-state index contributed by atoms with van der Waals surface area (Å²) in [6.07, 6.45) is 3.14. The van der Waals surface area contributed by atoms with E-state index in [9.17, 15) is 17.6 Å². The number of aromatic amines is 1. The molecule has 0 radical (unpaired) electrons. The summed E-state index contributed by atoms with van der Waals surface area (Å²) in [5.41, 5.74) is 0.0852. The number of carbonyl (C=O) groups excluding carboxylic acids is 1. The highest BCUT2D eigenvalue weighted by Crippen LogP contribution is 2.34. The Labute approximate surface area is 205 Å². The van der Waals surface area contributed by atoms with Gasteiger partial charge < -0.3 is 9.72 Å². The first kappa shape index (κ1) is 24.6. The van der Waals surface area contributed by atoms with Gasteiger partial charge in [0, 0.05) is 34.5 Å². The summed E-state index contributed by atoms with van der Waals surface area (Å²) in [4.78, 5) is 20.4. The number of pyridine rings is 1. The molecule has 0 amide bonds. The lowest BCUT2D eigenvalue weighted by atomic mass is 9.99. The molecule has 4 rings (SSSR count). The third-order valence-electron chi connectivity index (χ3n) is 5.32. The average molecular weight is 520 g/mol.